The molecule has 7 heteroatoms. The summed E-state index contributed by atoms with van der Waals surface area (Å²) in [7, 11) is 0. The van der Waals surface area contributed by atoms with E-state index in [1.54, 1.807) is 10.6 Å². The summed E-state index contributed by atoms with van der Waals surface area (Å²) >= 11 is 6.47. The van der Waals surface area contributed by atoms with Crippen molar-refractivity contribution in [2.75, 3.05) is 11.1 Å². The molecule has 1 heterocycles. The van der Waals surface area contributed by atoms with Gasteiger partial charge in [-0.3, -0.25) is 9.59 Å². The van der Waals surface area contributed by atoms with E-state index in [1.165, 1.54) is 12.4 Å². The Bertz CT molecular complexity index is 687. The van der Waals surface area contributed by atoms with Crippen molar-refractivity contribution < 1.29 is 4.79 Å². The van der Waals surface area contributed by atoms with Crippen molar-refractivity contribution in [3.63, 3.8) is 0 Å². The molecule has 1 aromatic heterocycles. The van der Waals surface area contributed by atoms with E-state index in [0.29, 0.717) is 10.2 Å². The van der Waals surface area contributed by atoms with Gasteiger partial charge in [0.05, 0.1) is 15.8 Å². The number of benzene rings is 1. The van der Waals surface area contributed by atoms with Gasteiger partial charge in [-0.05, 0) is 44.0 Å². The van der Waals surface area contributed by atoms with Gasteiger partial charge in [0.2, 0.25) is 11.3 Å². The zero-order valence-corrected chi connectivity index (χ0v) is 13.4. The molecular weight excluding hydrogens is 390 g/mol. The lowest BCUT2D eigenvalue weighted by Gasteiger charge is -2.10. The second kappa shape index (κ2) is 6.23. The molecule has 0 aliphatic heterocycles. The lowest BCUT2D eigenvalue weighted by molar-refractivity contribution is -0.116. The number of nitrogens with zero attached hydrogens (tertiary/aromatic N) is 1. The van der Waals surface area contributed by atoms with Crippen molar-refractivity contribution in [2.24, 2.45) is 0 Å². The van der Waals surface area contributed by atoms with Crippen molar-refractivity contribution in [3.8, 4) is 0 Å². The Balaban J connectivity index is 2.13. The molecule has 0 unspecified atom stereocenters. The minimum Gasteiger partial charge on any atom is -0.394 e. The average molecular weight is 401 g/mol. The number of pyridine rings is 1. The van der Waals surface area contributed by atoms with Gasteiger partial charge in [-0.25, -0.2) is 0 Å². The van der Waals surface area contributed by atoms with Gasteiger partial charge in [0, 0.05) is 16.9 Å². The first-order valence-electron chi connectivity index (χ1n) is 5.67. The zero-order chi connectivity index (χ0) is 14.7. The third kappa shape index (κ3) is 3.49. The molecule has 0 aliphatic rings. The number of amides is 1. The molecular formula is C13H11Br2N3O2. The Morgan fingerprint density at radius 1 is 1.20 bits per heavy atom. The van der Waals surface area contributed by atoms with Gasteiger partial charge >= 0.3 is 0 Å². The number of halogens is 2. The molecule has 0 aliphatic carbocycles. The van der Waals surface area contributed by atoms with Crippen molar-refractivity contribution in [2.45, 2.75) is 6.54 Å². The van der Waals surface area contributed by atoms with Crippen LogP contribution in [0, 0.1) is 0 Å². The first-order valence-corrected chi connectivity index (χ1v) is 7.25. The maximum atomic E-state index is 12.0. The summed E-state index contributed by atoms with van der Waals surface area (Å²) in [6.07, 6.45) is 2.96. The van der Waals surface area contributed by atoms with Gasteiger partial charge < -0.3 is 15.6 Å². The predicted octanol–water partition coefficient (Wildman–Crippen LogP) is 2.59. The van der Waals surface area contributed by atoms with Gasteiger partial charge in [-0.1, -0.05) is 12.1 Å². The molecule has 0 spiro atoms. The molecule has 2 rings (SSSR count). The molecule has 0 atom stereocenters. The SMILES string of the molecule is Nc1cn(CC(=O)Nc2ccccc2Br)cc(Br)c1=O. The van der Waals surface area contributed by atoms with Crippen LogP contribution in [0.25, 0.3) is 0 Å². The van der Waals surface area contributed by atoms with Crippen LogP contribution in [0.5, 0.6) is 0 Å². The number of anilines is 2. The summed E-state index contributed by atoms with van der Waals surface area (Å²) in [6.45, 7) is 0.0599. The number of nitrogens with one attached hydrogen (secondary N) is 1. The number of hydrogen-bond acceptors (Lipinski definition) is 3. The number of rotatable bonds is 3. The predicted molar refractivity (Wildman–Crippen MR) is 85.6 cm³/mol. The summed E-state index contributed by atoms with van der Waals surface area (Å²) in [4.78, 5) is 23.4. The van der Waals surface area contributed by atoms with Crippen LogP contribution in [0.2, 0.25) is 0 Å². The number of hydrogen-bond donors (Lipinski definition) is 2. The molecule has 0 radical (unpaired) electrons. The van der Waals surface area contributed by atoms with Crippen LogP contribution >= 0.6 is 31.9 Å². The minimum absolute atomic E-state index is 0.0599. The van der Waals surface area contributed by atoms with Crippen LogP contribution in [0.1, 0.15) is 0 Å². The maximum Gasteiger partial charge on any atom is 0.244 e. The standard InChI is InChI=1S/C13H11Br2N3O2/c14-8-3-1-2-4-11(8)17-12(19)7-18-5-9(15)13(20)10(16)6-18/h1-6H,7,16H2,(H,17,19). The fourth-order valence-electron chi connectivity index (χ4n) is 1.63. The van der Waals surface area contributed by atoms with Crippen LogP contribution in [0.4, 0.5) is 11.4 Å². The number of carbonyl (C=O) groups is 1. The Hall–Kier alpha value is -1.60. The minimum atomic E-state index is -0.285. The summed E-state index contributed by atoms with van der Waals surface area (Å²) < 4.78 is 2.67. The quantitative estimate of drug-likeness (QED) is 0.831. The normalized spacial score (nSPS) is 10.3. The maximum absolute atomic E-state index is 12.0. The highest BCUT2D eigenvalue weighted by atomic mass is 79.9. The van der Waals surface area contributed by atoms with Crippen molar-refractivity contribution in [1.29, 1.82) is 0 Å². The summed E-state index contributed by atoms with van der Waals surface area (Å²) in [5.74, 6) is -0.216. The number of aromatic nitrogens is 1. The van der Waals surface area contributed by atoms with E-state index in [1.807, 2.05) is 18.2 Å². The Labute approximate surface area is 132 Å². The van der Waals surface area contributed by atoms with E-state index in [2.05, 4.69) is 37.2 Å². The molecule has 0 fully saturated rings. The Morgan fingerprint density at radius 2 is 1.90 bits per heavy atom. The van der Waals surface area contributed by atoms with Crippen molar-refractivity contribution in [1.82, 2.24) is 4.57 Å². The number of nitrogens with two attached hydrogens (primary N) is 1. The van der Waals surface area contributed by atoms with E-state index in [9.17, 15) is 9.59 Å². The molecule has 1 amide bonds. The van der Waals surface area contributed by atoms with E-state index in [0.717, 1.165) is 4.47 Å². The molecule has 3 N–H and O–H groups in total. The fourth-order valence-corrected chi connectivity index (χ4v) is 2.50. The number of carbonyl (C=O) groups excluding carboxylic acids is 1. The lowest BCUT2D eigenvalue weighted by atomic mass is 10.3. The second-order valence-electron chi connectivity index (χ2n) is 4.09. The zero-order valence-electron chi connectivity index (χ0n) is 10.3. The molecule has 20 heavy (non-hydrogen) atoms. The molecule has 0 bridgehead atoms. The summed E-state index contributed by atoms with van der Waals surface area (Å²) in [5, 5.41) is 2.77. The van der Waals surface area contributed by atoms with Crippen molar-refractivity contribution in [3.05, 3.63) is 55.8 Å². The topological polar surface area (TPSA) is 77.1 Å². The summed E-state index contributed by atoms with van der Waals surface area (Å²) in [5.41, 5.74) is 6.06. The molecule has 2 aromatic rings. The third-order valence-electron chi connectivity index (χ3n) is 2.54. The Morgan fingerprint density at radius 3 is 2.55 bits per heavy atom. The van der Waals surface area contributed by atoms with E-state index in [4.69, 9.17) is 5.73 Å². The van der Waals surface area contributed by atoms with Crippen LogP contribution in [-0.2, 0) is 11.3 Å². The van der Waals surface area contributed by atoms with Gasteiger partial charge in [0.15, 0.2) is 0 Å². The fraction of sp³-hybridized carbons (Fsp3) is 0.0769. The number of nitrogen functional groups attached to an aromatic ring is 1. The van der Waals surface area contributed by atoms with Crippen LogP contribution < -0.4 is 16.5 Å². The highest BCUT2D eigenvalue weighted by Gasteiger charge is 2.08. The average Bonchev–Trinajstić information content (AvgIpc) is 2.38. The van der Waals surface area contributed by atoms with Gasteiger partial charge in [0.1, 0.15) is 6.54 Å². The highest BCUT2D eigenvalue weighted by Crippen LogP contribution is 2.21. The third-order valence-corrected chi connectivity index (χ3v) is 3.79. The smallest absolute Gasteiger partial charge is 0.244 e. The molecule has 5 nitrogen and oxygen atoms in total. The molecule has 0 saturated carbocycles. The molecule has 0 saturated heterocycles. The first-order chi connectivity index (χ1) is 9.47. The first kappa shape index (κ1) is 14.8. The highest BCUT2D eigenvalue weighted by molar-refractivity contribution is 9.10. The van der Waals surface area contributed by atoms with Gasteiger partial charge in [0.25, 0.3) is 0 Å². The Kier molecular flexibility index (Phi) is 4.61. The summed E-state index contributed by atoms with van der Waals surface area (Å²) in [6, 6.07) is 7.31. The second-order valence-corrected chi connectivity index (χ2v) is 5.80. The van der Waals surface area contributed by atoms with E-state index < -0.39 is 0 Å². The van der Waals surface area contributed by atoms with Crippen LogP contribution in [0.3, 0.4) is 0 Å². The lowest BCUT2D eigenvalue weighted by Crippen LogP contribution is -2.21. The van der Waals surface area contributed by atoms with E-state index >= 15 is 0 Å². The van der Waals surface area contributed by atoms with Crippen LogP contribution in [0.15, 0.2) is 50.4 Å². The molecule has 1 aromatic carbocycles. The monoisotopic (exact) mass is 399 g/mol. The van der Waals surface area contributed by atoms with Crippen molar-refractivity contribution >= 4 is 49.1 Å². The number of para-hydroxylation sites is 1. The van der Waals surface area contributed by atoms with Crippen LogP contribution in [-0.4, -0.2) is 10.5 Å². The largest absolute Gasteiger partial charge is 0.394 e. The van der Waals surface area contributed by atoms with Gasteiger partial charge in [-0.15, -0.1) is 0 Å². The van der Waals surface area contributed by atoms with E-state index in [-0.39, 0.29) is 23.6 Å². The molecule has 104 valence electrons. The van der Waals surface area contributed by atoms with Gasteiger partial charge in [-0.2, -0.15) is 0 Å².